The molecule has 222 valence electrons. The van der Waals surface area contributed by atoms with Crippen LogP contribution in [0.2, 0.25) is 0 Å². The van der Waals surface area contributed by atoms with Gasteiger partial charge in [-0.3, -0.25) is 18.6 Å². The molecular weight excluding hydrogens is 567 g/mol. The van der Waals surface area contributed by atoms with E-state index in [0.29, 0.717) is 29.2 Å². The Morgan fingerprint density at radius 2 is 1.74 bits per heavy atom. The Balaban J connectivity index is 1.40. The molecule has 0 saturated heterocycles. The number of carbonyl (C=O) groups excluding carboxylic acids is 1. The van der Waals surface area contributed by atoms with Crippen molar-refractivity contribution in [1.29, 1.82) is 5.26 Å². The van der Waals surface area contributed by atoms with Gasteiger partial charge < -0.3 is 29.9 Å². The molecule has 0 fully saturated rings. The first kappa shape index (κ1) is 32.3. The Bertz CT molecular complexity index is 1420. The third kappa shape index (κ3) is 11.3. The number of hydrogen-bond acceptors (Lipinski definition) is 10. The van der Waals surface area contributed by atoms with E-state index in [9.17, 15) is 19.0 Å². The maximum absolute atomic E-state index is 12.2. The van der Waals surface area contributed by atoms with E-state index in [4.69, 9.17) is 34.8 Å². The van der Waals surface area contributed by atoms with Gasteiger partial charge in [-0.1, -0.05) is 30.3 Å². The number of aryl methyl sites for hydroxylation is 1. The fourth-order valence-corrected chi connectivity index (χ4v) is 4.24. The van der Waals surface area contributed by atoms with E-state index in [1.807, 2.05) is 48.5 Å². The average molecular weight is 599 g/mol. The predicted molar refractivity (Wildman–Crippen MR) is 150 cm³/mol. The first-order valence-corrected chi connectivity index (χ1v) is 14.4. The summed E-state index contributed by atoms with van der Waals surface area (Å²) in [7, 11) is -4.47. The van der Waals surface area contributed by atoms with Crippen LogP contribution in [0.25, 0.3) is 0 Å². The fourth-order valence-electron chi connectivity index (χ4n) is 3.46. The molecule has 0 aromatic heterocycles. The van der Waals surface area contributed by atoms with Crippen LogP contribution < -0.4 is 15.2 Å². The monoisotopic (exact) mass is 598 g/mol. The van der Waals surface area contributed by atoms with Gasteiger partial charge >= 0.3 is 19.8 Å². The normalized spacial score (nSPS) is 12.9. The lowest BCUT2D eigenvalue weighted by atomic mass is 10.1. The molecule has 4 N–H and O–H groups in total. The number of phosphoric ester groups is 1. The molecule has 3 aromatic rings. The number of rotatable bonds is 17. The van der Waals surface area contributed by atoms with Crippen LogP contribution in [0.1, 0.15) is 29.5 Å². The number of nitrogens with two attached hydrogens (primary N) is 1. The number of aliphatic carboxylic acids is 1. The maximum Gasteiger partial charge on any atom is 0.472 e. The second kappa shape index (κ2) is 16.3. The summed E-state index contributed by atoms with van der Waals surface area (Å²) >= 11 is 0. The van der Waals surface area contributed by atoms with Crippen molar-refractivity contribution in [3.8, 4) is 23.3 Å². The van der Waals surface area contributed by atoms with Crippen molar-refractivity contribution in [3.05, 3.63) is 89.5 Å². The van der Waals surface area contributed by atoms with Crippen molar-refractivity contribution in [3.63, 3.8) is 0 Å². The number of phosphoric acid groups is 1. The van der Waals surface area contributed by atoms with Crippen LogP contribution in [0.5, 0.6) is 17.2 Å². The first-order chi connectivity index (χ1) is 20.1. The topological polar surface area (TPSA) is 188 Å². The molecule has 0 amide bonds. The van der Waals surface area contributed by atoms with E-state index >= 15 is 0 Å². The summed E-state index contributed by atoms with van der Waals surface area (Å²) in [6.07, 6.45) is 0.582. The Labute approximate surface area is 242 Å². The highest BCUT2D eigenvalue weighted by Crippen LogP contribution is 2.43. The summed E-state index contributed by atoms with van der Waals surface area (Å²) in [5.74, 6) is 0.0106. The zero-order chi connectivity index (χ0) is 30.4. The van der Waals surface area contributed by atoms with E-state index < -0.39 is 32.4 Å². The molecule has 3 aromatic carbocycles. The van der Waals surface area contributed by atoms with Crippen molar-refractivity contribution in [2.75, 3.05) is 19.8 Å². The minimum atomic E-state index is -4.47. The molecule has 0 aliphatic heterocycles. The van der Waals surface area contributed by atoms with Crippen LogP contribution >= 0.6 is 7.82 Å². The number of carboxylic acids is 1. The Hall–Kier alpha value is -4.24. The molecular formula is C29H31N2O10P. The van der Waals surface area contributed by atoms with Crippen molar-refractivity contribution in [2.45, 2.75) is 31.9 Å². The second-order valence-corrected chi connectivity index (χ2v) is 10.4. The molecule has 0 spiro atoms. The summed E-state index contributed by atoms with van der Waals surface area (Å²) in [6.45, 7) is -0.719. The summed E-state index contributed by atoms with van der Waals surface area (Å²) < 4.78 is 38.0. The molecule has 3 rings (SSSR count). The quantitative estimate of drug-likeness (QED) is 0.113. The van der Waals surface area contributed by atoms with Gasteiger partial charge in [0.25, 0.3) is 0 Å². The number of nitriles is 1. The molecule has 1 unspecified atom stereocenters. The van der Waals surface area contributed by atoms with Crippen LogP contribution in [0.3, 0.4) is 0 Å². The average Bonchev–Trinajstić information content (AvgIpc) is 2.98. The summed E-state index contributed by atoms with van der Waals surface area (Å²) in [5, 5.41) is 17.6. The van der Waals surface area contributed by atoms with Crippen molar-refractivity contribution < 1.29 is 47.4 Å². The molecule has 12 nitrogen and oxygen atoms in total. The van der Waals surface area contributed by atoms with Crippen molar-refractivity contribution in [1.82, 2.24) is 0 Å². The Morgan fingerprint density at radius 3 is 2.48 bits per heavy atom. The lowest BCUT2D eigenvalue weighted by Gasteiger charge is -2.14. The minimum absolute atomic E-state index is 0.0491. The standard InChI is InChI=1S/C29H31N2O10P/c30-18-21-9-12-24(13-10-21)41-25-7-3-5-22(17-25)19-38-27-8-2-1-6-23(27)11-14-28(32)37-15-4-16-39-42(35,36)40-20-26(31)29(33)34/h1-3,5-10,12-13,17,26H,4,11,14-16,19-20,31H2,(H,33,34)(H,35,36)/t26-/m0/s1. The number of benzene rings is 3. The molecule has 0 bridgehead atoms. The number of nitrogens with zero attached hydrogens (tertiary/aromatic N) is 1. The van der Waals surface area contributed by atoms with E-state index in [2.05, 4.69) is 10.6 Å². The lowest BCUT2D eigenvalue weighted by Crippen LogP contribution is -2.34. The van der Waals surface area contributed by atoms with Crippen LogP contribution in [-0.4, -0.2) is 47.8 Å². The fraction of sp³-hybridized carbons (Fsp3) is 0.276. The van der Waals surface area contributed by atoms with Gasteiger partial charge in [0.1, 0.15) is 29.9 Å². The number of carboxylic acid groups (broad SMARTS) is 1. The molecule has 42 heavy (non-hydrogen) atoms. The van der Waals surface area contributed by atoms with Crippen molar-refractivity contribution in [2.24, 2.45) is 5.73 Å². The Kier molecular flexibility index (Phi) is 12.5. The van der Waals surface area contributed by atoms with Crippen LogP contribution in [-0.2, 0) is 41.0 Å². The number of esters is 1. The summed E-state index contributed by atoms with van der Waals surface area (Å²) in [4.78, 5) is 32.4. The summed E-state index contributed by atoms with van der Waals surface area (Å²) in [6, 6.07) is 22.2. The zero-order valence-electron chi connectivity index (χ0n) is 22.6. The predicted octanol–water partition coefficient (Wildman–Crippen LogP) is 4.34. The molecule has 0 heterocycles. The third-order valence-electron chi connectivity index (χ3n) is 5.62. The summed E-state index contributed by atoms with van der Waals surface area (Å²) in [5.41, 5.74) is 7.45. The van der Waals surface area contributed by atoms with Crippen LogP contribution in [0, 0.1) is 11.3 Å². The van der Waals surface area contributed by atoms with Crippen LogP contribution in [0.15, 0.2) is 72.8 Å². The number of ether oxygens (including phenoxy) is 3. The van der Waals surface area contributed by atoms with Gasteiger partial charge in [-0.15, -0.1) is 0 Å². The highest BCUT2D eigenvalue weighted by atomic mass is 31.2. The van der Waals surface area contributed by atoms with Gasteiger partial charge in [-0.25, -0.2) is 4.57 Å². The van der Waals surface area contributed by atoms with Crippen LogP contribution in [0.4, 0.5) is 0 Å². The van der Waals surface area contributed by atoms with Gasteiger partial charge in [-0.05, 0) is 60.0 Å². The molecule has 0 radical (unpaired) electrons. The molecule has 0 saturated carbocycles. The van der Waals surface area contributed by atoms with Gasteiger partial charge in [0.05, 0.1) is 31.5 Å². The van der Waals surface area contributed by atoms with Gasteiger partial charge in [0.2, 0.25) is 0 Å². The largest absolute Gasteiger partial charge is 0.489 e. The first-order valence-electron chi connectivity index (χ1n) is 12.9. The molecule has 0 aliphatic carbocycles. The van der Waals surface area contributed by atoms with E-state index in [1.165, 1.54) is 0 Å². The number of carbonyl (C=O) groups is 2. The molecule has 13 heteroatoms. The SMILES string of the molecule is N#Cc1ccc(Oc2cccc(COc3ccccc3CCC(=O)OCCCOP(=O)(O)OC[C@H](N)C(=O)O)c2)cc1. The third-order valence-corrected chi connectivity index (χ3v) is 6.61. The highest BCUT2D eigenvalue weighted by Gasteiger charge is 2.24. The lowest BCUT2D eigenvalue weighted by molar-refractivity contribution is -0.143. The van der Waals surface area contributed by atoms with Crippen molar-refractivity contribution >= 4 is 19.8 Å². The van der Waals surface area contributed by atoms with E-state index in [-0.39, 0.29) is 32.7 Å². The maximum atomic E-state index is 12.2. The number of para-hydroxylation sites is 1. The molecule has 2 atom stereocenters. The molecule has 0 aliphatic rings. The Morgan fingerprint density at radius 1 is 0.976 bits per heavy atom. The zero-order valence-corrected chi connectivity index (χ0v) is 23.5. The van der Waals surface area contributed by atoms with E-state index in [0.717, 1.165) is 11.1 Å². The second-order valence-electron chi connectivity index (χ2n) is 8.90. The highest BCUT2D eigenvalue weighted by molar-refractivity contribution is 7.47. The van der Waals surface area contributed by atoms with E-state index in [1.54, 1.807) is 24.3 Å². The van der Waals surface area contributed by atoms with Gasteiger partial charge in [0.15, 0.2) is 0 Å². The van der Waals surface area contributed by atoms with Gasteiger partial charge in [-0.2, -0.15) is 5.26 Å². The minimum Gasteiger partial charge on any atom is -0.489 e. The smallest absolute Gasteiger partial charge is 0.472 e. The van der Waals surface area contributed by atoms with Gasteiger partial charge in [0, 0.05) is 12.8 Å². The number of hydrogen-bond donors (Lipinski definition) is 3.